The Bertz CT molecular complexity index is 3080. The van der Waals surface area contributed by atoms with Crippen LogP contribution in [0.2, 0.25) is 0 Å². The number of piperidine rings is 3. The van der Waals surface area contributed by atoms with Crippen molar-refractivity contribution in [2.45, 2.75) is 83.5 Å². The van der Waals surface area contributed by atoms with Gasteiger partial charge in [0.25, 0.3) is 23.6 Å². The van der Waals surface area contributed by atoms with Gasteiger partial charge in [0, 0.05) is 92.8 Å². The first-order chi connectivity index (χ1) is 36.5. The number of anilines is 4. The molecule has 75 heavy (non-hydrogen) atoms. The SMILES string of the molecule is Cc1ccc(C(=O)N2CCC(c3ccc(C#N)cc3)CC2)cc1NC(=O)c1ccc(N2CCCCC2)nc1.Cc1ccc(C(=O)N2CCC(c3ccc(C#N)cc3)CC2)cc1NC(=O)c1ccnc(N2CCCC2)c1. The normalized spacial score (nSPS) is 16.0. The minimum atomic E-state index is -0.237. The summed E-state index contributed by atoms with van der Waals surface area (Å²) in [5.74, 6) is 2.02. The molecule has 0 radical (unpaired) electrons. The van der Waals surface area contributed by atoms with E-state index in [0.29, 0.717) is 82.8 Å². The maximum Gasteiger partial charge on any atom is 0.257 e. The molecule has 14 heteroatoms. The summed E-state index contributed by atoms with van der Waals surface area (Å²) >= 11 is 0. The Kier molecular flexibility index (Phi) is 16.6. The molecule has 2 N–H and O–H groups in total. The molecule has 4 amide bonds. The van der Waals surface area contributed by atoms with Crippen LogP contribution in [-0.2, 0) is 0 Å². The number of nitrogens with one attached hydrogen (secondary N) is 2. The zero-order valence-corrected chi connectivity index (χ0v) is 42.9. The van der Waals surface area contributed by atoms with Crippen molar-refractivity contribution in [1.82, 2.24) is 19.8 Å². The van der Waals surface area contributed by atoms with Gasteiger partial charge in [-0.05, 0) is 179 Å². The van der Waals surface area contributed by atoms with Gasteiger partial charge in [-0.3, -0.25) is 19.2 Å². The van der Waals surface area contributed by atoms with Crippen LogP contribution < -0.4 is 20.4 Å². The number of carbonyl (C=O) groups excluding carboxylic acids is 4. The van der Waals surface area contributed by atoms with Gasteiger partial charge in [-0.15, -0.1) is 0 Å². The standard InChI is InChI=1S/C31H33N5O2.C30H31N5O2/c1-22-5-8-26(31(38)36-17-13-25(14-18-36)24-9-6-23(20-32)7-10-24)19-28(22)34-30(37)27-11-12-29(33-21-27)35-15-3-2-4-16-35;1-21-4-7-26(30(37)35-16-11-24(12-17-35)23-8-5-22(20-31)6-9-23)18-27(21)33-29(36)25-10-13-32-28(19-25)34-14-2-3-15-34/h5-12,19,21,25H,2-4,13-18H2,1H3,(H,34,37);4-10,13,18-19,24H,2-3,11-12,14-17H2,1H3,(H,33,36). The third-order valence-electron chi connectivity index (χ3n) is 15.2. The Balaban J connectivity index is 0.000000184. The zero-order valence-electron chi connectivity index (χ0n) is 42.9. The van der Waals surface area contributed by atoms with Crippen LogP contribution in [0.25, 0.3) is 0 Å². The molecule has 4 fully saturated rings. The number of hydrogen-bond donors (Lipinski definition) is 2. The number of aryl methyl sites for hydroxylation is 2. The number of likely N-dealkylation sites (tertiary alicyclic amines) is 2. The van der Waals surface area contributed by atoms with E-state index in [1.165, 1.54) is 30.4 Å². The summed E-state index contributed by atoms with van der Waals surface area (Å²) in [6.07, 6.45) is 12.7. The Morgan fingerprint density at radius 2 is 0.920 bits per heavy atom. The topological polar surface area (TPSA) is 179 Å². The average Bonchev–Trinajstić information content (AvgIpc) is 4.02. The molecule has 4 aliphatic rings. The van der Waals surface area contributed by atoms with Crippen LogP contribution in [0.15, 0.2) is 122 Å². The first-order valence-corrected chi connectivity index (χ1v) is 26.4. The number of amides is 4. The van der Waals surface area contributed by atoms with Crippen LogP contribution in [0, 0.1) is 36.5 Å². The average molecular weight is 1000 g/mol. The summed E-state index contributed by atoms with van der Waals surface area (Å²) in [6.45, 7) is 10.5. The first-order valence-electron chi connectivity index (χ1n) is 26.4. The van der Waals surface area contributed by atoms with Gasteiger partial charge in [-0.2, -0.15) is 10.5 Å². The second kappa shape index (κ2) is 24.1. The molecule has 0 atom stereocenters. The van der Waals surface area contributed by atoms with Gasteiger partial charge in [0.15, 0.2) is 0 Å². The third-order valence-corrected chi connectivity index (χ3v) is 15.2. The fourth-order valence-electron chi connectivity index (χ4n) is 10.5. The molecule has 10 rings (SSSR count). The van der Waals surface area contributed by atoms with E-state index in [4.69, 9.17) is 10.5 Å². The van der Waals surface area contributed by atoms with E-state index in [-0.39, 0.29) is 23.6 Å². The largest absolute Gasteiger partial charge is 0.357 e. The Labute approximate surface area is 440 Å². The minimum absolute atomic E-state index is 0.0194. The molecular weight excluding hydrogens is 937 g/mol. The first kappa shape index (κ1) is 51.5. The predicted octanol–water partition coefficient (Wildman–Crippen LogP) is 10.7. The lowest BCUT2D eigenvalue weighted by molar-refractivity contribution is 0.0705. The third kappa shape index (κ3) is 12.7. The number of rotatable bonds is 10. The Morgan fingerprint density at radius 3 is 1.37 bits per heavy atom. The maximum atomic E-state index is 13.3. The molecule has 14 nitrogen and oxygen atoms in total. The van der Waals surface area contributed by atoms with Gasteiger partial charge >= 0.3 is 0 Å². The number of hydrogen-bond acceptors (Lipinski definition) is 10. The summed E-state index contributed by atoms with van der Waals surface area (Å²) in [4.78, 5) is 69.8. The van der Waals surface area contributed by atoms with E-state index >= 15 is 0 Å². The number of pyridine rings is 2. The molecule has 4 aromatic carbocycles. The monoisotopic (exact) mass is 1000 g/mol. The molecule has 0 bridgehead atoms. The lowest BCUT2D eigenvalue weighted by atomic mass is 9.89. The number of benzene rings is 4. The summed E-state index contributed by atoms with van der Waals surface area (Å²) in [6, 6.07) is 38.1. The highest BCUT2D eigenvalue weighted by atomic mass is 16.2. The molecule has 2 aromatic heterocycles. The van der Waals surface area contributed by atoms with Gasteiger partial charge in [-0.1, -0.05) is 36.4 Å². The predicted molar refractivity (Wildman–Crippen MR) is 292 cm³/mol. The molecule has 6 heterocycles. The highest BCUT2D eigenvalue weighted by Crippen LogP contribution is 2.32. The van der Waals surface area contributed by atoms with Gasteiger partial charge in [0.05, 0.1) is 28.8 Å². The summed E-state index contributed by atoms with van der Waals surface area (Å²) < 4.78 is 0. The van der Waals surface area contributed by atoms with E-state index < -0.39 is 0 Å². The molecule has 0 spiro atoms. The second-order valence-electron chi connectivity index (χ2n) is 20.1. The van der Waals surface area contributed by atoms with Crippen LogP contribution in [0.5, 0.6) is 0 Å². The second-order valence-corrected chi connectivity index (χ2v) is 20.1. The fourth-order valence-corrected chi connectivity index (χ4v) is 10.5. The maximum absolute atomic E-state index is 13.3. The lowest BCUT2D eigenvalue weighted by Gasteiger charge is -2.32. The van der Waals surface area contributed by atoms with Gasteiger partial charge in [-0.25, -0.2) is 9.97 Å². The van der Waals surface area contributed by atoms with Crippen molar-refractivity contribution in [3.63, 3.8) is 0 Å². The van der Waals surface area contributed by atoms with Crippen LogP contribution >= 0.6 is 0 Å². The summed E-state index contributed by atoms with van der Waals surface area (Å²) in [5, 5.41) is 24.0. The highest BCUT2D eigenvalue weighted by molar-refractivity contribution is 6.06. The molecule has 6 aromatic rings. The van der Waals surface area contributed by atoms with Gasteiger partial charge < -0.3 is 30.2 Å². The van der Waals surface area contributed by atoms with Crippen molar-refractivity contribution < 1.29 is 19.2 Å². The molecule has 0 aliphatic carbocycles. The summed E-state index contributed by atoms with van der Waals surface area (Å²) in [5.41, 5.74) is 9.02. The van der Waals surface area contributed by atoms with Crippen LogP contribution in [0.3, 0.4) is 0 Å². The van der Waals surface area contributed by atoms with Crippen molar-refractivity contribution in [2.24, 2.45) is 0 Å². The van der Waals surface area contributed by atoms with Gasteiger partial charge in [0.1, 0.15) is 11.6 Å². The zero-order chi connectivity index (χ0) is 52.3. The van der Waals surface area contributed by atoms with E-state index in [1.807, 2.05) is 115 Å². The van der Waals surface area contributed by atoms with Crippen LogP contribution in [-0.4, -0.2) is 95.8 Å². The fraction of sp³-hybridized carbons (Fsp3) is 0.344. The van der Waals surface area contributed by atoms with Crippen molar-refractivity contribution in [3.8, 4) is 12.1 Å². The summed E-state index contributed by atoms with van der Waals surface area (Å²) in [7, 11) is 0. The van der Waals surface area contributed by atoms with Crippen molar-refractivity contribution in [3.05, 3.63) is 177 Å². The Hall–Kier alpha value is -8.36. The number of nitrogens with zero attached hydrogens (tertiary/aromatic N) is 8. The van der Waals surface area contributed by atoms with E-state index in [0.717, 1.165) is 87.5 Å². The molecule has 0 unspecified atom stereocenters. The number of aromatic nitrogens is 2. The van der Waals surface area contributed by atoms with Crippen molar-refractivity contribution in [1.29, 1.82) is 10.5 Å². The van der Waals surface area contributed by atoms with Crippen LogP contribution in [0.1, 0.15) is 144 Å². The van der Waals surface area contributed by atoms with E-state index in [1.54, 1.807) is 30.6 Å². The molecule has 4 aliphatic heterocycles. The number of nitriles is 2. The van der Waals surface area contributed by atoms with Crippen molar-refractivity contribution >= 4 is 46.6 Å². The Morgan fingerprint density at radius 1 is 0.480 bits per heavy atom. The molecular formula is C61H64N10O4. The highest BCUT2D eigenvalue weighted by Gasteiger charge is 2.27. The molecule has 4 saturated heterocycles. The van der Waals surface area contributed by atoms with E-state index in [2.05, 4.69) is 42.5 Å². The van der Waals surface area contributed by atoms with Gasteiger partial charge in [0.2, 0.25) is 0 Å². The molecule has 382 valence electrons. The van der Waals surface area contributed by atoms with Crippen molar-refractivity contribution in [2.75, 3.05) is 72.8 Å². The lowest BCUT2D eigenvalue weighted by Crippen LogP contribution is -2.38. The quantitative estimate of drug-likeness (QED) is 0.134. The molecule has 0 saturated carbocycles. The number of carbonyl (C=O) groups is 4. The van der Waals surface area contributed by atoms with Crippen LogP contribution in [0.4, 0.5) is 23.0 Å². The smallest absolute Gasteiger partial charge is 0.257 e. The minimum Gasteiger partial charge on any atom is -0.357 e. The van der Waals surface area contributed by atoms with E-state index in [9.17, 15) is 19.2 Å².